The van der Waals surface area contributed by atoms with E-state index in [2.05, 4.69) is 19.9 Å². The molecule has 22 heavy (non-hydrogen) atoms. The summed E-state index contributed by atoms with van der Waals surface area (Å²) in [5.41, 5.74) is 12.3. The Kier molecular flexibility index (Phi) is 3.89. The SMILES string of the molecule is NC(=O)C1N=CC=NC1(N)c1cnccc1N1CCCCC1. The molecule has 7 nitrogen and oxygen atoms in total. The van der Waals surface area contributed by atoms with Crippen molar-refractivity contribution in [1.29, 1.82) is 0 Å². The fourth-order valence-corrected chi connectivity index (χ4v) is 3.08. The summed E-state index contributed by atoms with van der Waals surface area (Å²) in [7, 11) is 0. The lowest BCUT2D eigenvalue weighted by Gasteiger charge is -2.37. The van der Waals surface area contributed by atoms with Crippen LogP contribution in [0.15, 0.2) is 28.4 Å². The zero-order chi connectivity index (χ0) is 15.6. The van der Waals surface area contributed by atoms with Gasteiger partial charge in [0.2, 0.25) is 5.91 Å². The average Bonchev–Trinajstić information content (AvgIpc) is 2.56. The number of piperidine rings is 1. The number of nitrogens with zero attached hydrogens (tertiary/aromatic N) is 4. The Hall–Kier alpha value is -2.28. The topological polar surface area (TPSA) is 110 Å². The third kappa shape index (κ3) is 2.48. The van der Waals surface area contributed by atoms with Crippen molar-refractivity contribution >= 4 is 24.0 Å². The van der Waals surface area contributed by atoms with Gasteiger partial charge in [0, 0.05) is 49.2 Å². The lowest BCUT2D eigenvalue weighted by atomic mass is 9.90. The molecule has 3 rings (SSSR count). The van der Waals surface area contributed by atoms with Gasteiger partial charge in [0.05, 0.1) is 0 Å². The van der Waals surface area contributed by atoms with E-state index < -0.39 is 17.6 Å². The first-order valence-electron chi connectivity index (χ1n) is 7.47. The molecular weight excluding hydrogens is 280 g/mol. The van der Waals surface area contributed by atoms with Crippen LogP contribution in [0, 0.1) is 0 Å². The Labute approximate surface area is 129 Å². The lowest BCUT2D eigenvalue weighted by Crippen LogP contribution is -2.53. The minimum Gasteiger partial charge on any atom is -0.371 e. The van der Waals surface area contributed by atoms with E-state index in [0.717, 1.165) is 31.6 Å². The number of hydrogen-bond donors (Lipinski definition) is 2. The van der Waals surface area contributed by atoms with E-state index in [0.29, 0.717) is 5.56 Å². The molecule has 0 aromatic carbocycles. The maximum Gasteiger partial charge on any atom is 0.246 e. The maximum absolute atomic E-state index is 11.8. The van der Waals surface area contributed by atoms with Crippen LogP contribution in [0.4, 0.5) is 5.69 Å². The third-order valence-corrected chi connectivity index (χ3v) is 4.20. The molecule has 3 heterocycles. The number of aromatic nitrogens is 1. The summed E-state index contributed by atoms with van der Waals surface area (Å²) in [5, 5.41) is 0. The van der Waals surface area contributed by atoms with E-state index in [1.807, 2.05) is 6.07 Å². The van der Waals surface area contributed by atoms with Crippen LogP contribution in [0.25, 0.3) is 0 Å². The Balaban J connectivity index is 2.05. The zero-order valence-corrected chi connectivity index (χ0v) is 12.4. The molecule has 0 bridgehead atoms. The standard InChI is InChI=1S/C15H20N6O/c16-14(22)13-15(17,20-7-6-19-13)11-10-18-5-4-12(11)21-8-2-1-3-9-21/h4-7,10,13H,1-3,8-9,17H2,(H2,16,22). The van der Waals surface area contributed by atoms with Gasteiger partial charge in [-0.2, -0.15) is 0 Å². The first-order valence-corrected chi connectivity index (χ1v) is 7.47. The van der Waals surface area contributed by atoms with Crippen molar-refractivity contribution in [2.24, 2.45) is 21.5 Å². The predicted molar refractivity (Wildman–Crippen MR) is 86.1 cm³/mol. The second-order valence-corrected chi connectivity index (χ2v) is 5.65. The number of carbonyl (C=O) groups is 1. The average molecular weight is 300 g/mol. The van der Waals surface area contributed by atoms with E-state index in [9.17, 15) is 4.79 Å². The summed E-state index contributed by atoms with van der Waals surface area (Å²) in [6.45, 7) is 1.92. The van der Waals surface area contributed by atoms with Crippen molar-refractivity contribution in [1.82, 2.24) is 4.98 Å². The molecule has 1 aromatic rings. The van der Waals surface area contributed by atoms with Crippen LogP contribution in [0.2, 0.25) is 0 Å². The van der Waals surface area contributed by atoms with E-state index in [4.69, 9.17) is 11.5 Å². The van der Waals surface area contributed by atoms with E-state index in [-0.39, 0.29) is 0 Å². The number of hydrogen-bond acceptors (Lipinski definition) is 6. The fourth-order valence-electron chi connectivity index (χ4n) is 3.08. The first kappa shape index (κ1) is 14.6. The molecule has 0 spiro atoms. The summed E-state index contributed by atoms with van der Waals surface area (Å²) in [5.74, 6) is -0.593. The molecule has 4 N–H and O–H groups in total. The molecule has 2 aliphatic rings. The van der Waals surface area contributed by atoms with Crippen molar-refractivity contribution in [3.05, 3.63) is 24.0 Å². The number of nitrogens with two attached hydrogens (primary N) is 2. The van der Waals surface area contributed by atoms with Crippen LogP contribution in [-0.2, 0) is 10.5 Å². The van der Waals surface area contributed by atoms with Crippen LogP contribution in [-0.4, -0.2) is 42.5 Å². The molecule has 1 fully saturated rings. The van der Waals surface area contributed by atoms with Gasteiger partial charge in [-0.1, -0.05) is 0 Å². The Morgan fingerprint density at radius 1 is 1.27 bits per heavy atom. The van der Waals surface area contributed by atoms with Gasteiger partial charge in [-0.05, 0) is 25.3 Å². The molecule has 1 amide bonds. The Morgan fingerprint density at radius 3 is 2.77 bits per heavy atom. The first-order chi connectivity index (χ1) is 10.6. The van der Waals surface area contributed by atoms with Gasteiger partial charge in [-0.25, -0.2) is 0 Å². The predicted octanol–water partition coefficient (Wildman–Crippen LogP) is 0.193. The minimum absolute atomic E-state index is 0.593. The Bertz CT molecular complexity index is 622. The molecule has 2 atom stereocenters. The number of carbonyl (C=O) groups excluding carboxylic acids is 1. The summed E-state index contributed by atoms with van der Waals surface area (Å²) < 4.78 is 0. The molecule has 116 valence electrons. The Morgan fingerprint density at radius 2 is 2.05 bits per heavy atom. The molecule has 0 radical (unpaired) electrons. The monoisotopic (exact) mass is 300 g/mol. The normalized spacial score (nSPS) is 27.9. The summed E-state index contributed by atoms with van der Waals surface area (Å²) >= 11 is 0. The van der Waals surface area contributed by atoms with Crippen molar-refractivity contribution in [3.8, 4) is 0 Å². The van der Waals surface area contributed by atoms with Gasteiger partial charge in [-0.15, -0.1) is 0 Å². The van der Waals surface area contributed by atoms with Gasteiger partial charge in [-0.3, -0.25) is 19.8 Å². The summed E-state index contributed by atoms with van der Waals surface area (Å²) in [6.07, 6.45) is 9.87. The highest BCUT2D eigenvalue weighted by Crippen LogP contribution is 2.35. The highest BCUT2D eigenvalue weighted by atomic mass is 16.1. The number of rotatable bonds is 3. The quantitative estimate of drug-likeness (QED) is 0.830. The van der Waals surface area contributed by atoms with Crippen LogP contribution in [0.1, 0.15) is 24.8 Å². The van der Waals surface area contributed by atoms with Crippen LogP contribution >= 0.6 is 0 Å². The smallest absolute Gasteiger partial charge is 0.246 e. The van der Waals surface area contributed by atoms with Crippen molar-refractivity contribution < 1.29 is 4.79 Å². The molecule has 2 aliphatic heterocycles. The van der Waals surface area contributed by atoms with Gasteiger partial charge >= 0.3 is 0 Å². The highest BCUT2D eigenvalue weighted by molar-refractivity contribution is 6.17. The molecule has 2 unspecified atom stereocenters. The van der Waals surface area contributed by atoms with Crippen LogP contribution < -0.4 is 16.4 Å². The summed E-state index contributed by atoms with van der Waals surface area (Å²) in [6, 6.07) is 0.992. The van der Waals surface area contributed by atoms with E-state index >= 15 is 0 Å². The second-order valence-electron chi connectivity index (χ2n) is 5.65. The van der Waals surface area contributed by atoms with E-state index in [1.54, 1.807) is 12.4 Å². The number of pyridine rings is 1. The molecule has 7 heteroatoms. The fraction of sp³-hybridized carbons (Fsp3) is 0.467. The van der Waals surface area contributed by atoms with Gasteiger partial charge in [0.1, 0.15) is 0 Å². The number of aliphatic imine (C=N–C) groups is 2. The molecule has 0 saturated carbocycles. The number of anilines is 1. The molecule has 0 aliphatic carbocycles. The maximum atomic E-state index is 11.8. The minimum atomic E-state index is -1.30. The third-order valence-electron chi connectivity index (χ3n) is 4.20. The van der Waals surface area contributed by atoms with Gasteiger partial charge in [0.15, 0.2) is 11.7 Å². The molecule has 1 aromatic heterocycles. The number of amides is 1. The van der Waals surface area contributed by atoms with Crippen LogP contribution in [0.5, 0.6) is 0 Å². The van der Waals surface area contributed by atoms with Crippen LogP contribution in [0.3, 0.4) is 0 Å². The molecular formula is C15H20N6O. The van der Waals surface area contributed by atoms with Crippen molar-refractivity contribution in [3.63, 3.8) is 0 Å². The van der Waals surface area contributed by atoms with Crippen molar-refractivity contribution in [2.75, 3.05) is 18.0 Å². The van der Waals surface area contributed by atoms with Gasteiger partial charge < -0.3 is 16.4 Å². The largest absolute Gasteiger partial charge is 0.371 e. The summed E-state index contributed by atoms with van der Waals surface area (Å²) in [4.78, 5) is 26.6. The van der Waals surface area contributed by atoms with E-state index in [1.165, 1.54) is 18.9 Å². The zero-order valence-electron chi connectivity index (χ0n) is 12.4. The van der Waals surface area contributed by atoms with Crippen molar-refractivity contribution in [2.45, 2.75) is 31.0 Å². The van der Waals surface area contributed by atoms with Gasteiger partial charge in [0.25, 0.3) is 0 Å². The second kappa shape index (κ2) is 5.84. The lowest BCUT2D eigenvalue weighted by molar-refractivity contribution is -0.120. The molecule has 1 saturated heterocycles. The number of primary amides is 1. The highest BCUT2D eigenvalue weighted by Gasteiger charge is 2.43.